The first-order valence-corrected chi connectivity index (χ1v) is 8.04. The van der Waals surface area contributed by atoms with E-state index in [1.54, 1.807) is 19.2 Å². The highest BCUT2D eigenvalue weighted by molar-refractivity contribution is 7.97. The van der Waals surface area contributed by atoms with Crippen LogP contribution in [0, 0.1) is 10.1 Å². The molecule has 2 rings (SSSR count). The van der Waals surface area contributed by atoms with Gasteiger partial charge in [0.2, 0.25) is 0 Å². The number of rotatable bonds is 6. The highest BCUT2D eigenvalue weighted by Gasteiger charge is 2.14. The van der Waals surface area contributed by atoms with Crippen LogP contribution in [0.5, 0.6) is 5.75 Å². The number of nitrogens with zero attached hydrogens (tertiary/aromatic N) is 1. The molecule has 0 radical (unpaired) electrons. The van der Waals surface area contributed by atoms with Gasteiger partial charge < -0.3 is 10.1 Å². The molecule has 124 valence electrons. The minimum absolute atomic E-state index is 0.0129. The fourth-order valence-corrected chi connectivity index (χ4v) is 2.15. The van der Waals surface area contributed by atoms with Crippen LogP contribution in [0.4, 0.5) is 11.4 Å². The maximum atomic E-state index is 11.1. The minimum Gasteiger partial charge on any atom is -0.497 e. The summed E-state index contributed by atoms with van der Waals surface area (Å²) < 4.78 is 5.08. The molecule has 0 aliphatic carbocycles. The Bertz CT molecular complexity index is 633. The molecular weight excluding hydrogens is 314 g/mol. The molecule has 0 spiro atoms. The second kappa shape index (κ2) is 9.70. The van der Waals surface area contributed by atoms with Gasteiger partial charge in [-0.05, 0) is 41.8 Å². The van der Waals surface area contributed by atoms with Crippen LogP contribution in [0.3, 0.4) is 0 Å². The predicted molar refractivity (Wildman–Crippen MR) is 94.8 cm³/mol. The summed E-state index contributed by atoms with van der Waals surface area (Å²) in [7, 11) is 1.60. The average Bonchev–Trinajstić information content (AvgIpc) is 2.61. The van der Waals surface area contributed by atoms with Gasteiger partial charge in [-0.2, -0.15) is 0 Å². The normalized spacial score (nSPS) is 9.57. The number of hydrogen-bond acceptors (Lipinski definition) is 6. The van der Waals surface area contributed by atoms with Crippen molar-refractivity contribution in [1.82, 2.24) is 0 Å². The molecule has 6 nitrogen and oxygen atoms in total. The Morgan fingerprint density at radius 3 is 2.39 bits per heavy atom. The molecule has 0 heterocycles. The largest absolute Gasteiger partial charge is 0.497 e. The van der Waals surface area contributed by atoms with E-state index in [9.17, 15) is 10.1 Å². The summed E-state index contributed by atoms with van der Waals surface area (Å²) in [6, 6.07) is 12.4. The molecule has 0 saturated heterocycles. The van der Waals surface area contributed by atoms with Crippen molar-refractivity contribution in [3.05, 3.63) is 58.1 Å². The van der Waals surface area contributed by atoms with E-state index in [1.165, 1.54) is 6.07 Å². The molecule has 0 fully saturated rings. The van der Waals surface area contributed by atoms with Crippen LogP contribution in [-0.2, 0) is 6.54 Å². The Morgan fingerprint density at radius 2 is 1.87 bits per heavy atom. The van der Waals surface area contributed by atoms with E-state index in [0.717, 1.165) is 23.3 Å². The van der Waals surface area contributed by atoms with Crippen LogP contribution >= 0.6 is 11.9 Å². The van der Waals surface area contributed by atoms with Gasteiger partial charge in [-0.3, -0.25) is 15.3 Å². The van der Waals surface area contributed by atoms with Crippen LogP contribution in [0.2, 0.25) is 0 Å². The molecule has 2 aromatic carbocycles. The summed E-state index contributed by atoms with van der Waals surface area (Å²) in [6.07, 6.45) is 0. The van der Waals surface area contributed by atoms with Gasteiger partial charge in [0.25, 0.3) is 5.69 Å². The van der Waals surface area contributed by atoms with Crippen molar-refractivity contribution in [2.45, 2.75) is 25.3 Å². The van der Waals surface area contributed by atoms with E-state index in [4.69, 9.17) is 9.88 Å². The van der Waals surface area contributed by atoms with Gasteiger partial charge in [0.05, 0.1) is 12.0 Å². The predicted octanol–water partition coefficient (Wildman–Crippen LogP) is 4.21. The fraction of sp³-hybridized carbons (Fsp3) is 0.250. The summed E-state index contributed by atoms with van der Waals surface area (Å²) in [5, 5.41) is 19.6. The summed E-state index contributed by atoms with van der Waals surface area (Å²) in [5.41, 5.74) is 1.48. The smallest absolute Gasteiger partial charge is 0.293 e. The van der Waals surface area contributed by atoms with Gasteiger partial charge in [0.1, 0.15) is 11.4 Å². The highest BCUT2D eigenvalue weighted by Crippen LogP contribution is 2.29. The first-order valence-electron chi connectivity index (χ1n) is 7.16. The van der Waals surface area contributed by atoms with Crippen molar-refractivity contribution in [3.63, 3.8) is 0 Å². The van der Waals surface area contributed by atoms with Gasteiger partial charge in [-0.15, -0.1) is 0 Å². The number of hydrogen-bond donors (Lipinski definition) is 2. The molecule has 0 saturated carbocycles. The Hall–Kier alpha value is -2.25. The Balaban J connectivity index is 0.00000127. The van der Waals surface area contributed by atoms with Crippen LogP contribution in [0.25, 0.3) is 0 Å². The summed E-state index contributed by atoms with van der Waals surface area (Å²) in [6.45, 7) is 4.49. The summed E-state index contributed by atoms with van der Waals surface area (Å²) in [5.74, 6) is 0.772. The Labute approximate surface area is 140 Å². The van der Waals surface area contributed by atoms with Gasteiger partial charge in [0, 0.05) is 17.5 Å². The standard InChI is InChI=1S/C14H15N3O3S.C2H6/c1-20-11-4-2-10(3-5-11)9-16-13-7-6-12(21-15)8-14(13)17(18)19;1-2/h2-8,16H,9,15H2,1H3;1-2H3. The maximum Gasteiger partial charge on any atom is 0.293 e. The number of ether oxygens (including phenoxy) is 1. The first kappa shape index (κ1) is 18.8. The lowest BCUT2D eigenvalue weighted by Crippen LogP contribution is -2.03. The van der Waals surface area contributed by atoms with Crippen LogP contribution < -0.4 is 15.2 Å². The number of anilines is 1. The molecular formula is C16H21N3O3S. The number of nitrogens with two attached hydrogens (primary N) is 1. The monoisotopic (exact) mass is 335 g/mol. The van der Waals surface area contributed by atoms with Crippen molar-refractivity contribution in [3.8, 4) is 5.75 Å². The molecule has 0 bridgehead atoms. The first-order chi connectivity index (χ1) is 11.1. The zero-order chi connectivity index (χ0) is 17.2. The Morgan fingerprint density at radius 1 is 1.22 bits per heavy atom. The molecule has 23 heavy (non-hydrogen) atoms. The molecule has 0 aromatic heterocycles. The number of nitrogens with one attached hydrogen (secondary N) is 1. The fourth-order valence-electron chi connectivity index (χ4n) is 1.83. The summed E-state index contributed by atoms with van der Waals surface area (Å²) in [4.78, 5) is 11.3. The number of nitro benzene ring substituents is 1. The lowest BCUT2D eigenvalue weighted by Gasteiger charge is -2.08. The molecule has 7 heteroatoms. The molecule has 2 aromatic rings. The van der Waals surface area contributed by atoms with E-state index in [2.05, 4.69) is 5.32 Å². The van der Waals surface area contributed by atoms with Gasteiger partial charge in [0.15, 0.2) is 0 Å². The quantitative estimate of drug-likeness (QED) is 0.467. The average molecular weight is 335 g/mol. The van der Waals surface area contributed by atoms with E-state index < -0.39 is 4.92 Å². The van der Waals surface area contributed by atoms with E-state index in [0.29, 0.717) is 17.1 Å². The van der Waals surface area contributed by atoms with Crippen molar-refractivity contribution in [2.24, 2.45) is 5.14 Å². The second-order valence-corrected chi connectivity index (χ2v) is 4.96. The molecule has 0 aliphatic rings. The van der Waals surface area contributed by atoms with Crippen molar-refractivity contribution >= 4 is 23.3 Å². The number of nitro groups is 1. The Kier molecular flexibility index (Phi) is 7.93. The lowest BCUT2D eigenvalue weighted by molar-refractivity contribution is -0.384. The number of methoxy groups -OCH3 is 1. The minimum atomic E-state index is -0.421. The van der Waals surface area contributed by atoms with Crippen molar-refractivity contribution in [1.29, 1.82) is 0 Å². The van der Waals surface area contributed by atoms with Gasteiger partial charge in [-0.25, -0.2) is 0 Å². The van der Waals surface area contributed by atoms with Crippen molar-refractivity contribution in [2.75, 3.05) is 12.4 Å². The van der Waals surface area contributed by atoms with Crippen LogP contribution in [0.1, 0.15) is 19.4 Å². The van der Waals surface area contributed by atoms with Gasteiger partial charge >= 0.3 is 0 Å². The van der Waals surface area contributed by atoms with Crippen LogP contribution in [-0.4, -0.2) is 12.0 Å². The third kappa shape index (κ3) is 5.46. The van der Waals surface area contributed by atoms with E-state index in [-0.39, 0.29) is 5.69 Å². The van der Waals surface area contributed by atoms with E-state index >= 15 is 0 Å². The van der Waals surface area contributed by atoms with E-state index in [1.807, 2.05) is 38.1 Å². The summed E-state index contributed by atoms with van der Waals surface area (Å²) >= 11 is 0.982. The zero-order valence-corrected chi connectivity index (χ0v) is 14.2. The third-order valence-electron chi connectivity index (χ3n) is 2.94. The van der Waals surface area contributed by atoms with Gasteiger partial charge in [-0.1, -0.05) is 26.0 Å². The molecule has 0 atom stereocenters. The highest BCUT2D eigenvalue weighted by atomic mass is 32.2. The zero-order valence-electron chi connectivity index (χ0n) is 13.4. The molecule has 0 aliphatic heterocycles. The molecule has 0 amide bonds. The molecule has 0 unspecified atom stereocenters. The molecule has 3 N–H and O–H groups in total. The lowest BCUT2D eigenvalue weighted by atomic mass is 10.2. The maximum absolute atomic E-state index is 11.1. The second-order valence-electron chi connectivity index (χ2n) is 4.26. The third-order valence-corrected chi connectivity index (χ3v) is 3.47. The van der Waals surface area contributed by atoms with Crippen LogP contribution in [0.15, 0.2) is 47.4 Å². The van der Waals surface area contributed by atoms with Crippen molar-refractivity contribution < 1.29 is 9.66 Å². The SMILES string of the molecule is CC.COc1ccc(CNc2ccc(SN)cc2[N+](=O)[O-])cc1. The topological polar surface area (TPSA) is 90.4 Å². The number of benzene rings is 2.